The topological polar surface area (TPSA) is 69.0 Å². The largest absolute Gasteiger partial charge is 0.486 e. The third-order valence-corrected chi connectivity index (χ3v) is 6.24. The zero-order chi connectivity index (χ0) is 20.1. The summed E-state index contributed by atoms with van der Waals surface area (Å²) in [6.07, 6.45) is 0. The van der Waals surface area contributed by atoms with Crippen LogP contribution in [0.3, 0.4) is 0 Å². The molecule has 1 heterocycles. The fourth-order valence-electron chi connectivity index (χ4n) is 2.50. The molecule has 0 spiro atoms. The number of hydrogen-bond acceptors (Lipinski definition) is 5. The molecule has 3 aromatic rings. The lowest BCUT2D eigenvalue weighted by molar-refractivity contribution is -0.113. The van der Waals surface area contributed by atoms with Gasteiger partial charge in [0.05, 0.1) is 5.75 Å². The summed E-state index contributed by atoms with van der Waals surface area (Å²) in [5.74, 6) is 1.64. The number of amides is 1. The first-order valence-corrected chi connectivity index (χ1v) is 10.5. The molecule has 3 rings (SSSR count). The molecule has 0 unspecified atom stereocenters. The maximum atomic E-state index is 12.3. The van der Waals surface area contributed by atoms with Gasteiger partial charge in [-0.1, -0.05) is 45.9 Å². The molecule has 28 heavy (non-hydrogen) atoms. The molecule has 0 aliphatic carbocycles. The Morgan fingerprint density at radius 3 is 2.64 bits per heavy atom. The second kappa shape index (κ2) is 9.25. The molecule has 146 valence electrons. The van der Waals surface area contributed by atoms with Crippen LogP contribution in [0, 0.1) is 13.8 Å². The molecule has 2 aromatic carbocycles. The SMILES string of the molecule is Cc1c(Br)ccc(NC(=O)CSc2nnc(COc3ccccc3)n2C)c1C. The maximum absolute atomic E-state index is 12.3. The highest BCUT2D eigenvalue weighted by Crippen LogP contribution is 2.26. The smallest absolute Gasteiger partial charge is 0.234 e. The number of ether oxygens (including phenoxy) is 1. The van der Waals surface area contributed by atoms with Crippen molar-refractivity contribution >= 4 is 39.3 Å². The Bertz CT molecular complexity index is 976. The van der Waals surface area contributed by atoms with Gasteiger partial charge in [-0.3, -0.25) is 4.79 Å². The van der Waals surface area contributed by atoms with Crippen molar-refractivity contribution in [3.63, 3.8) is 0 Å². The van der Waals surface area contributed by atoms with Crippen LogP contribution in [-0.2, 0) is 18.4 Å². The molecular weight excluding hydrogens is 440 g/mol. The summed E-state index contributed by atoms with van der Waals surface area (Å²) in [6.45, 7) is 4.32. The summed E-state index contributed by atoms with van der Waals surface area (Å²) in [4.78, 5) is 12.3. The van der Waals surface area contributed by atoms with Gasteiger partial charge in [-0.05, 0) is 49.2 Å². The van der Waals surface area contributed by atoms with Gasteiger partial charge in [0.1, 0.15) is 12.4 Å². The maximum Gasteiger partial charge on any atom is 0.234 e. The van der Waals surface area contributed by atoms with Gasteiger partial charge in [0.25, 0.3) is 0 Å². The third kappa shape index (κ3) is 4.94. The van der Waals surface area contributed by atoms with E-state index in [1.165, 1.54) is 11.8 Å². The van der Waals surface area contributed by atoms with Gasteiger partial charge in [-0.25, -0.2) is 0 Å². The molecule has 0 saturated heterocycles. The number of aromatic nitrogens is 3. The van der Waals surface area contributed by atoms with Crippen LogP contribution < -0.4 is 10.1 Å². The fraction of sp³-hybridized carbons (Fsp3) is 0.250. The first kappa shape index (κ1) is 20.4. The van der Waals surface area contributed by atoms with Crippen LogP contribution in [-0.4, -0.2) is 26.4 Å². The van der Waals surface area contributed by atoms with Crippen molar-refractivity contribution in [2.45, 2.75) is 25.6 Å². The van der Waals surface area contributed by atoms with Crippen molar-refractivity contribution in [2.24, 2.45) is 7.05 Å². The Kier molecular flexibility index (Phi) is 6.74. The summed E-state index contributed by atoms with van der Waals surface area (Å²) < 4.78 is 8.58. The quantitative estimate of drug-likeness (QED) is 0.525. The third-order valence-electron chi connectivity index (χ3n) is 4.36. The lowest BCUT2D eigenvalue weighted by atomic mass is 10.1. The standard InChI is InChI=1S/C20H21BrN4O2S/c1-13-14(2)17(10-9-16(13)21)22-19(26)12-28-20-24-23-18(25(20)3)11-27-15-7-5-4-6-8-15/h4-10H,11-12H2,1-3H3,(H,22,26). The van der Waals surface area contributed by atoms with E-state index >= 15 is 0 Å². The highest BCUT2D eigenvalue weighted by Gasteiger charge is 2.13. The number of benzene rings is 2. The molecule has 6 nitrogen and oxygen atoms in total. The van der Waals surface area contributed by atoms with Crippen LogP contribution in [0.25, 0.3) is 0 Å². The van der Waals surface area contributed by atoms with Gasteiger partial charge < -0.3 is 14.6 Å². The van der Waals surface area contributed by atoms with E-state index in [9.17, 15) is 4.79 Å². The molecule has 8 heteroatoms. The predicted octanol–water partition coefficient (Wildman–Crippen LogP) is 4.50. The normalized spacial score (nSPS) is 10.7. The number of para-hydroxylation sites is 1. The summed E-state index contributed by atoms with van der Waals surface area (Å²) in [5, 5.41) is 11.9. The molecule has 0 fully saturated rings. The molecule has 0 atom stereocenters. The van der Waals surface area contributed by atoms with Crippen molar-refractivity contribution in [2.75, 3.05) is 11.1 Å². The minimum atomic E-state index is -0.0834. The molecule has 0 saturated carbocycles. The Balaban J connectivity index is 1.55. The minimum Gasteiger partial charge on any atom is -0.486 e. The second-order valence-corrected chi connectivity index (χ2v) is 8.04. The van der Waals surface area contributed by atoms with Crippen LogP contribution in [0.1, 0.15) is 17.0 Å². The Hall–Kier alpha value is -2.32. The number of thioether (sulfide) groups is 1. The molecule has 1 N–H and O–H groups in total. The van der Waals surface area contributed by atoms with Gasteiger partial charge in [-0.2, -0.15) is 0 Å². The van der Waals surface area contributed by atoms with Crippen LogP contribution in [0.4, 0.5) is 5.69 Å². The number of hydrogen-bond donors (Lipinski definition) is 1. The molecule has 1 aromatic heterocycles. The van der Waals surface area contributed by atoms with Crippen molar-refractivity contribution < 1.29 is 9.53 Å². The fourth-order valence-corrected chi connectivity index (χ4v) is 3.66. The average molecular weight is 461 g/mol. The first-order chi connectivity index (χ1) is 13.5. The number of carbonyl (C=O) groups is 1. The van der Waals surface area contributed by atoms with Crippen LogP contribution >= 0.6 is 27.7 Å². The monoisotopic (exact) mass is 460 g/mol. The molecule has 0 aliphatic rings. The van der Waals surface area contributed by atoms with E-state index in [4.69, 9.17) is 4.74 Å². The Labute approximate surface area is 176 Å². The second-order valence-electron chi connectivity index (χ2n) is 6.24. The summed E-state index contributed by atoms with van der Waals surface area (Å²) >= 11 is 4.84. The molecule has 0 aliphatic heterocycles. The highest BCUT2D eigenvalue weighted by molar-refractivity contribution is 9.10. The zero-order valence-electron chi connectivity index (χ0n) is 15.9. The Morgan fingerprint density at radius 2 is 1.89 bits per heavy atom. The number of anilines is 1. The lowest BCUT2D eigenvalue weighted by Gasteiger charge is -2.11. The Morgan fingerprint density at radius 1 is 1.14 bits per heavy atom. The molecular formula is C20H21BrN4O2S. The number of halogens is 1. The molecule has 0 bridgehead atoms. The highest BCUT2D eigenvalue weighted by atomic mass is 79.9. The lowest BCUT2D eigenvalue weighted by Crippen LogP contribution is -2.15. The van der Waals surface area contributed by atoms with Crippen LogP contribution in [0.15, 0.2) is 52.1 Å². The zero-order valence-corrected chi connectivity index (χ0v) is 18.3. The van der Waals surface area contributed by atoms with Crippen molar-refractivity contribution in [1.82, 2.24) is 14.8 Å². The van der Waals surface area contributed by atoms with Crippen molar-refractivity contribution in [3.05, 3.63) is 63.9 Å². The van der Waals surface area contributed by atoms with E-state index in [2.05, 4.69) is 31.4 Å². The van der Waals surface area contributed by atoms with E-state index in [1.807, 2.05) is 67.9 Å². The average Bonchev–Trinajstić information content (AvgIpc) is 3.05. The van der Waals surface area contributed by atoms with Gasteiger partial charge in [-0.15, -0.1) is 10.2 Å². The van der Waals surface area contributed by atoms with Crippen LogP contribution in [0.2, 0.25) is 0 Å². The number of nitrogens with one attached hydrogen (secondary N) is 1. The van der Waals surface area contributed by atoms with E-state index < -0.39 is 0 Å². The summed E-state index contributed by atoms with van der Waals surface area (Å²) in [6, 6.07) is 13.4. The van der Waals surface area contributed by atoms with Crippen molar-refractivity contribution in [1.29, 1.82) is 0 Å². The van der Waals surface area contributed by atoms with E-state index in [-0.39, 0.29) is 11.7 Å². The van der Waals surface area contributed by atoms with Gasteiger partial charge >= 0.3 is 0 Å². The predicted molar refractivity (Wildman–Crippen MR) is 115 cm³/mol. The number of carbonyl (C=O) groups excluding carboxylic acids is 1. The number of nitrogens with zero attached hydrogens (tertiary/aromatic N) is 3. The molecule has 0 radical (unpaired) electrons. The van der Waals surface area contributed by atoms with Crippen LogP contribution in [0.5, 0.6) is 5.75 Å². The van der Waals surface area contributed by atoms with Gasteiger partial charge in [0.15, 0.2) is 11.0 Å². The molecule has 1 amide bonds. The first-order valence-electron chi connectivity index (χ1n) is 8.70. The summed E-state index contributed by atoms with van der Waals surface area (Å²) in [7, 11) is 1.87. The van der Waals surface area contributed by atoms with Gasteiger partial charge in [0.2, 0.25) is 5.91 Å². The van der Waals surface area contributed by atoms with E-state index in [0.717, 1.165) is 27.0 Å². The minimum absolute atomic E-state index is 0.0834. The van der Waals surface area contributed by atoms with Gasteiger partial charge in [0, 0.05) is 17.2 Å². The number of rotatable bonds is 7. The summed E-state index contributed by atoms with van der Waals surface area (Å²) in [5.41, 5.74) is 2.98. The van der Waals surface area contributed by atoms with E-state index in [0.29, 0.717) is 17.6 Å². The van der Waals surface area contributed by atoms with E-state index in [1.54, 1.807) is 0 Å². The van der Waals surface area contributed by atoms with Crippen molar-refractivity contribution in [3.8, 4) is 5.75 Å².